The molecule has 0 radical (unpaired) electrons. The zero-order valence-corrected chi connectivity index (χ0v) is 18.6. The first-order chi connectivity index (χ1) is 14.6. The van der Waals surface area contributed by atoms with Gasteiger partial charge in [-0.15, -0.1) is 11.3 Å². The summed E-state index contributed by atoms with van der Waals surface area (Å²) in [5.41, 5.74) is 3.87. The van der Waals surface area contributed by atoms with Crippen molar-refractivity contribution in [1.29, 1.82) is 0 Å². The van der Waals surface area contributed by atoms with Crippen LogP contribution >= 0.6 is 11.3 Å². The summed E-state index contributed by atoms with van der Waals surface area (Å²) < 4.78 is 6.07. The molecule has 2 aliphatic rings. The van der Waals surface area contributed by atoms with Crippen LogP contribution in [0.2, 0.25) is 0 Å². The molecule has 0 unspecified atom stereocenters. The molecule has 0 amide bonds. The van der Waals surface area contributed by atoms with Crippen LogP contribution in [0.1, 0.15) is 66.3 Å². The molecule has 1 aliphatic heterocycles. The largest absolute Gasteiger partial charge is 0.487 e. The minimum Gasteiger partial charge on any atom is -0.487 e. The van der Waals surface area contributed by atoms with E-state index in [-0.39, 0.29) is 0 Å². The maximum Gasteiger partial charge on any atom is 0.303 e. The number of ether oxygens (including phenoxy) is 1. The zero-order valence-electron chi connectivity index (χ0n) is 17.8. The van der Waals surface area contributed by atoms with Gasteiger partial charge >= 0.3 is 5.97 Å². The molecule has 5 nitrogen and oxygen atoms in total. The van der Waals surface area contributed by atoms with Crippen LogP contribution < -0.4 is 4.74 Å². The number of aromatic nitrogens is 1. The maximum absolute atomic E-state index is 10.8. The number of thiazole rings is 1. The highest BCUT2D eigenvalue weighted by Crippen LogP contribution is 2.38. The molecular weight excluding hydrogens is 396 g/mol. The molecule has 1 saturated carbocycles. The third-order valence-electron chi connectivity index (χ3n) is 6.62. The van der Waals surface area contributed by atoms with Gasteiger partial charge < -0.3 is 14.7 Å². The molecule has 1 aromatic heterocycles. The van der Waals surface area contributed by atoms with Crippen molar-refractivity contribution < 1.29 is 14.6 Å². The fourth-order valence-electron chi connectivity index (χ4n) is 4.66. The lowest BCUT2D eigenvalue weighted by Crippen LogP contribution is -2.20. The fraction of sp³-hybridized carbons (Fsp3) is 0.583. The number of likely N-dealkylation sites (N-methyl/N-ethyl adjacent to an activating group) is 1. The standard InChI is InChI=1S/C24H32N2O3S/c1-26-12-10-18-7-8-22(14-20(18)11-13-26)29-15-21-16-30-24(25-21)19-5-2-17(3-6-19)4-9-23(27)28/h7-8,14,16-17,19H,2-6,9-13,15H2,1H3,(H,27,28)/t17-,19-. The maximum atomic E-state index is 10.8. The molecule has 30 heavy (non-hydrogen) atoms. The summed E-state index contributed by atoms with van der Waals surface area (Å²) in [4.78, 5) is 18.0. The van der Waals surface area contributed by atoms with E-state index in [4.69, 9.17) is 14.8 Å². The summed E-state index contributed by atoms with van der Waals surface area (Å²) in [5, 5.41) is 12.2. The normalized spacial score (nSPS) is 22.3. The van der Waals surface area contributed by atoms with Crippen molar-refractivity contribution in [3.8, 4) is 5.75 Å². The molecule has 0 spiro atoms. The van der Waals surface area contributed by atoms with Crippen LogP contribution in [0, 0.1) is 5.92 Å². The molecule has 2 heterocycles. The predicted octanol–water partition coefficient (Wildman–Crippen LogP) is 4.89. The molecule has 162 valence electrons. The van der Waals surface area contributed by atoms with Crippen molar-refractivity contribution in [3.05, 3.63) is 45.4 Å². The average molecular weight is 429 g/mol. The Hall–Kier alpha value is -1.92. The Morgan fingerprint density at radius 2 is 1.97 bits per heavy atom. The van der Waals surface area contributed by atoms with E-state index in [1.165, 1.54) is 16.1 Å². The van der Waals surface area contributed by atoms with E-state index >= 15 is 0 Å². The lowest BCUT2D eigenvalue weighted by molar-refractivity contribution is -0.137. The van der Waals surface area contributed by atoms with Gasteiger partial charge in [-0.3, -0.25) is 4.79 Å². The van der Waals surface area contributed by atoms with E-state index in [0.29, 0.717) is 24.9 Å². The molecule has 0 atom stereocenters. The quantitative estimate of drug-likeness (QED) is 0.680. The first kappa shape index (κ1) is 21.3. The number of hydrogen-bond acceptors (Lipinski definition) is 5. The van der Waals surface area contributed by atoms with Crippen LogP contribution in [0.3, 0.4) is 0 Å². The third kappa shape index (κ3) is 5.61. The number of nitrogens with zero attached hydrogens (tertiary/aromatic N) is 2. The third-order valence-corrected chi connectivity index (χ3v) is 7.68. The highest BCUT2D eigenvalue weighted by atomic mass is 32.1. The second kappa shape index (κ2) is 9.92. The van der Waals surface area contributed by atoms with E-state index in [1.54, 1.807) is 11.3 Å². The van der Waals surface area contributed by atoms with Gasteiger partial charge in [-0.05, 0) is 81.2 Å². The molecular formula is C24H32N2O3S. The van der Waals surface area contributed by atoms with Gasteiger partial charge in [0.25, 0.3) is 0 Å². The van der Waals surface area contributed by atoms with E-state index in [9.17, 15) is 4.79 Å². The molecule has 0 bridgehead atoms. The summed E-state index contributed by atoms with van der Waals surface area (Å²) in [6, 6.07) is 6.52. The lowest BCUT2D eigenvalue weighted by Gasteiger charge is -2.26. The summed E-state index contributed by atoms with van der Waals surface area (Å²) in [7, 11) is 2.19. The van der Waals surface area contributed by atoms with Gasteiger partial charge in [0.05, 0.1) is 10.7 Å². The van der Waals surface area contributed by atoms with Crippen LogP contribution in [0.25, 0.3) is 0 Å². The van der Waals surface area contributed by atoms with Crippen molar-refractivity contribution in [3.63, 3.8) is 0 Å². The number of rotatable bonds is 7. The summed E-state index contributed by atoms with van der Waals surface area (Å²) in [6.07, 6.45) is 7.79. The summed E-state index contributed by atoms with van der Waals surface area (Å²) in [6.45, 7) is 2.74. The second-order valence-electron chi connectivity index (χ2n) is 8.85. The van der Waals surface area contributed by atoms with Crippen molar-refractivity contribution in [2.45, 2.75) is 63.9 Å². The molecule has 0 saturated heterocycles. The van der Waals surface area contributed by atoms with Gasteiger partial charge in [0, 0.05) is 30.8 Å². The van der Waals surface area contributed by atoms with Crippen LogP contribution in [0.5, 0.6) is 5.75 Å². The topological polar surface area (TPSA) is 62.7 Å². The predicted molar refractivity (Wildman–Crippen MR) is 119 cm³/mol. The van der Waals surface area contributed by atoms with E-state index < -0.39 is 5.97 Å². The van der Waals surface area contributed by atoms with Gasteiger partial charge in [0.1, 0.15) is 12.4 Å². The van der Waals surface area contributed by atoms with E-state index in [1.807, 2.05) is 0 Å². The molecule has 4 rings (SSSR count). The first-order valence-electron chi connectivity index (χ1n) is 11.2. The number of aliphatic carboxylic acids is 1. The number of carboxylic acids is 1. The SMILES string of the molecule is CN1CCc2ccc(OCc3csc([C@H]4CC[C@H](CCC(=O)O)CC4)n3)cc2CC1. The monoisotopic (exact) mass is 428 g/mol. The van der Waals surface area contributed by atoms with Gasteiger partial charge in [-0.2, -0.15) is 0 Å². The van der Waals surface area contributed by atoms with Gasteiger partial charge in [0.2, 0.25) is 0 Å². The van der Waals surface area contributed by atoms with Gasteiger partial charge in [0.15, 0.2) is 0 Å². The second-order valence-corrected chi connectivity index (χ2v) is 9.74. The van der Waals surface area contributed by atoms with Crippen LogP contribution in [0.15, 0.2) is 23.6 Å². The molecule has 2 aromatic rings. The number of carbonyl (C=O) groups is 1. The number of fused-ring (bicyclic) bond motifs is 1. The van der Waals surface area contributed by atoms with Crippen molar-refractivity contribution in [2.24, 2.45) is 5.92 Å². The Morgan fingerprint density at radius 1 is 1.20 bits per heavy atom. The highest BCUT2D eigenvalue weighted by Gasteiger charge is 2.25. The van der Waals surface area contributed by atoms with Crippen molar-refractivity contribution >= 4 is 17.3 Å². The summed E-state index contributed by atoms with van der Waals surface area (Å²) >= 11 is 1.75. The van der Waals surface area contributed by atoms with Crippen LogP contribution in [-0.2, 0) is 24.2 Å². The van der Waals surface area contributed by atoms with E-state index in [2.05, 4.69) is 35.5 Å². The average Bonchev–Trinajstić information content (AvgIpc) is 3.15. The Balaban J connectivity index is 1.28. The Kier molecular flexibility index (Phi) is 7.05. The molecule has 1 N–H and O–H groups in total. The highest BCUT2D eigenvalue weighted by molar-refractivity contribution is 7.09. The molecule has 1 fully saturated rings. The number of benzene rings is 1. The smallest absolute Gasteiger partial charge is 0.303 e. The molecule has 6 heteroatoms. The van der Waals surface area contributed by atoms with Crippen molar-refractivity contribution in [2.75, 3.05) is 20.1 Å². The Labute approximate surface area is 183 Å². The summed E-state index contributed by atoms with van der Waals surface area (Å²) in [5.74, 6) is 1.35. The first-order valence-corrected chi connectivity index (χ1v) is 12.0. The zero-order chi connectivity index (χ0) is 20.9. The Morgan fingerprint density at radius 3 is 2.73 bits per heavy atom. The fourth-order valence-corrected chi connectivity index (χ4v) is 5.64. The van der Waals surface area contributed by atoms with Crippen LogP contribution in [0.4, 0.5) is 0 Å². The lowest BCUT2D eigenvalue weighted by atomic mass is 9.80. The molecule has 1 aliphatic carbocycles. The Bertz CT molecular complexity index is 858. The number of carboxylic acid groups (broad SMARTS) is 1. The van der Waals surface area contributed by atoms with Crippen LogP contribution in [-0.4, -0.2) is 41.1 Å². The van der Waals surface area contributed by atoms with Gasteiger partial charge in [-0.1, -0.05) is 6.07 Å². The number of hydrogen-bond donors (Lipinski definition) is 1. The molecule has 1 aromatic carbocycles. The van der Waals surface area contributed by atoms with E-state index in [0.717, 1.165) is 69.5 Å². The minimum atomic E-state index is -0.677. The van der Waals surface area contributed by atoms with Crippen molar-refractivity contribution in [1.82, 2.24) is 9.88 Å². The minimum absolute atomic E-state index is 0.299. The van der Waals surface area contributed by atoms with Gasteiger partial charge in [-0.25, -0.2) is 4.98 Å².